The number of hydrogen-bond acceptors (Lipinski definition) is 8. The number of carbonyl (C=O) groups excluding carboxylic acids is 2. The zero-order chi connectivity index (χ0) is 16.0. The third-order valence-corrected chi connectivity index (χ3v) is 2.49. The number of aliphatic hydroxyl groups excluding tert-OH is 2. The number of nitrogens with one attached hydrogen (secondary N) is 2. The Morgan fingerprint density at radius 1 is 1.48 bits per heavy atom. The molecule has 11 nitrogen and oxygen atoms in total. The minimum Gasteiger partial charge on any atom is -0.394 e. The van der Waals surface area contributed by atoms with Crippen LogP contribution in [-0.2, 0) is 11.3 Å². The molecule has 0 aliphatic carbocycles. The van der Waals surface area contributed by atoms with E-state index in [1.807, 2.05) is 0 Å². The van der Waals surface area contributed by atoms with Gasteiger partial charge in [0.15, 0.2) is 5.82 Å². The number of amides is 3. The molecule has 11 heteroatoms. The summed E-state index contributed by atoms with van der Waals surface area (Å²) < 4.78 is 4.80. The first-order valence-electron chi connectivity index (χ1n) is 6.05. The molecule has 8 N–H and O–H groups in total. The highest BCUT2D eigenvalue weighted by Gasteiger charge is 2.23. The van der Waals surface area contributed by atoms with Crippen LogP contribution in [0.15, 0.2) is 4.52 Å². The second-order valence-electron chi connectivity index (χ2n) is 4.28. The van der Waals surface area contributed by atoms with E-state index in [1.165, 1.54) is 6.92 Å². The Kier molecular flexibility index (Phi) is 6.02. The maximum absolute atomic E-state index is 11.5. The number of carbonyl (C=O) groups is 2. The summed E-state index contributed by atoms with van der Waals surface area (Å²) in [7, 11) is 0. The molecule has 0 fully saturated rings. The van der Waals surface area contributed by atoms with E-state index >= 15 is 0 Å². The van der Waals surface area contributed by atoms with Gasteiger partial charge in [0.25, 0.3) is 0 Å². The molecular formula is C10H18N6O5. The molecule has 0 radical (unpaired) electrons. The monoisotopic (exact) mass is 302 g/mol. The smallest absolute Gasteiger partial charge is 0.315 e. The summed E-state index contributed by atoms with van der Waals surface area (Å²) in [5, 5.41) is 26.2. The van der Waals surface area contributed by atoms with Crippen LogP contribution in [0.25, 0.3) is 0 Å². The van der Waals surface area contributed by atoms with Gasteiger partial charge >= 0.3 is 6.03 Å². The molecule has 3 atom stereocenters. The van der Waals surface area contributed by atoms with Crippen LogP contribution in [0.2, 0.25) is 0 Å². The number of aromatic nitrogens is 2. The average molecular weight is 302 g/mol. The van der Waals surface area contributed by atoms with Crippen LogP contribution in [0, 0.1) is 0 Å². The molecule has 1 rings (SSSR count). The van der Waals surface area contributed by atoms with Crippen molar-refractivity contribution >= 4 is 11.9 Å². The van der Waals surface area contributed by atoms with Crippen molar-refractivity contribution in [1.82, 2.24) is 20.8 Å². The number of rotatable bonds is 7. The van der Waals surface area contributed by atoms with Gasteiger partial charge in [-0.1, -0.05) is 5.16 Å². The predicted molar refractivity (Wildman–Crippen MR) is 68.3 cm³/mol. The largest absolute Gasteiger partial charge is 0.394 e. The lowest BCUT2D eigenvalue weighted by molar-refractivity contribution is -0.122. The molecule has 118 valence electrons. The van der Waals surface area contributed by atoms with Crippen molar-refractivity contribution < 1.29 is 24.3 Å². The van der Waals surface area contributed by atoms with Gasteiger partial charge in [0.05, 0.1) is 25.3 Å². The average Bonchev–Trinajstić information content (AvgIpc) is 2.89. The zero-order valence-electron chi connectivity index (χ0n) is 11.3. The molecule has 0 spiro atoms. The van der Waals surface area contributed by atoms with Gasteiger partial charge in [-0.25, -0.2) is 4.79 Å². The van der Waals surface area contributed by atoms with E-state index in [9.17, 15) is 14.7 Å². The summed E-state index contributed by atoms with van der Waals surface area (Å²) in [5.41, 5.74) is 10.5. The lowest BCUT2D eigenvalue weighted by Gasteiger charge is -2.17. The number of hydrogen-bond donors (Lipinski definition) is 6. The Bertz CT molecular complexity index is 490. The number of nitrogens with zero attached hydrogens (tertiary/aromatic N) is 2. The molecular weight excluding hydrogens is 284 g/mol. The summed E-state index contributed by atoms with van der Waals surface area (Å²) in [6.45, 7) is 0.847. The van der Waals surface area contributed by atoms with E-state index in [1.54, 1.807) is 0 Å². The van der Waals surface area contributed by atoms with Gasteiger partial charge in [0.1, 0.15) is 6.04 Å². The zero-order valence-corrected chi connectivity index (χ0v) is 11.3. The van der Waals surface area contributed by atoms with Gasteiger partial charge < -0.3 is 36.8 Å². The third-order valence-electron chi connectivity index (χ3n) is 2.49. The fourth-order valence-electron chi connectivity index (χ4n) is 1.35. The van der Waals surface area contributed by atoms with Crippen molar-refractivity contribution in [2.45, 2.75) is 31.7 Å². The Morgan fingerprint density at radius 3 is 2.67 bits per heavy atom. The molecule has 0 saturated heterocycles. The van der Waals surface area contributed by atoms with E-state index in [2.05, 4.69) is 20.8 Å². The maximum Gasteiger partial charge on any atom is 0.315 e. The Morgan fingerprint density at radius 2 is 2.14 bits per heavy atom. The van der Waals surface area contributed by atoms with Gasteiger partial charge in [0, 0.05) is 0 Å². The minimum atomic E-state index is -1.22. The summed E-state index contributed by atoms with van der Waals surface area (Å²) in [5.74, 6) is -0.695. The second kappa shape index (κ2) is 7.52. The molecule has 3 amide bonds. The number of primary amides is 1. The molecule has 0 aliphatic heterocycles. The van der Waals surface area contributed by atoms with E-state index in [-0.39, 0.29) is 24.9 Å². The summed E-state index contributed by atoms with van der Waals surface area (Å²) in [4.78, 5) is 26.4. The van der Waals surface area contributed by atoms with E-state index in [0.29, 0.717) is 0 Å². The Balaban J connectivity index is 2.49. The molecule has 0 bridgehead atoms. The SMILES string of the molecule is CC(O)C(NC(=O)NCc1nc(C(N)CO)no1)C(N)=O. The van der Waals surface area contributed by atoms with Crippen molar-refractivity contribution in [2.24, 2.45) is 11.5 Å². The number of nitrogens with two attached hydrogens (primary N) is 2. The quantitative estimate of drug-likeness (QED) is 0.309. The van der Waals surface area contributed by atoms with Crippen LogP contribution in [0.5, 0.6) is 0 Å². The molecule has 21 heavy (non-hydrogen) atoms. The summed E-state index contributed by atoms with van der Waals surface area (Å²) in [6, 6.07) is -2.73. The highest BCUT2D eigenvalue weighted by molar-refractivity contribution is 5.86. The highest BCUT2D eigenvalue weighted by Crippen LogP contribution is 2.04. The van der Waals surface area contributed by atoms with Crippen LogP contribution in [0.3, 0.4) is 0 Å². The number of urea groups is 1. The molecule has 1 aromatic rings. The summed E-state index contributed by atoms with van der Waals surface area (Å²) in [6.07, 6.45) is -1.13. The maximum atomic E-state index is 11.5. The molecule has 1 aromatic heterocycles. The number of aliphatic hydroxyl groups is 2. The van der Waals surface area contributed by atoms with Crippen molar-refractivity contribution in [3.8, 4) is 0 Å². The lowest BCUT2D eigenvalue weighted by Crippen LogP contribution is -2.53. The second-order valence-corrected chi connectivity index (χ2v) is 4.28. The first-order valence-corrected chi connectivity index (χ1v) is 6.05. The van der Waals surface area contributed by atoms with Gasteiger partial charge in [-0.2, -0.15) is 4.98 Å². The van der Waals surface area contributed by atoms with E-state index < -0.39 is 30.1 Å². The first-order chi connectivity index (χ1) is 9.85. The predicted octanol–water partition coefficient (Wildman–Crippen LogP) is -2.90. The standard InChI is InChI=1S/C10H18N6O5/c1-4(18)7(8(12)19)15-10(20)13-2-6-14-9(16-21-6)5(11)3-17/h4-5,7,17-18H,2-3,11H2,1H3,(H2,12,19)(H2,13,15,20). The van der Waals surface area contributed by atoms with E-state index in [4.69, 9.17) is 21.1 Å². The van der Waals surface area contributed by atoms with Crippen molar-refractivity contribution in [1.29, 1.82) is 0 Å². The van der Waals surface area contributed by atoms with Crippen molar-refractivity contribution in [2.75, 3.05) is 6.61 Å². The first kappa shape index (κ1) is 16.8. The fraction of sp³-hybridized carbons (Fsp3) is 0.600. The Labute approximate surface area is 119 Å². The Hall–Kier alpha value is -2.24. The van der Waals surface area contributed by atoms with Crippen molar-refractivity contribution in [3.63, 3.8) is 0 Å². The highest BCUT2D eigenvalue weighted by atomic mass is 16.5. The minimum absolute atomic E-state index is 0.0664. The van der Waals surface area contributed by atoms with Gasteiger partial charge in [0.2, 0.25) is 11.8 Å². The van der Waals surface area contributed by atoms with Gasteiger partial charge in [-0.05, 0) is 6.92 Å². The summed E-state index contributed by atoms with van der Waals surface area (Å²) >= 11 is 0. The van der Waals surface area contributed by atoms with Crippen LogP contribution in [0.1, 0.15) is 24.7 Å². The molecule has 0 aliphatic rings. The van der Waals surface area contributed by atoms with Crippen LogP contribution in [0.4, 0.5) is 4.79 Å². The molecule has 1 heterocycles. The molecule has 3 unspecified atom stereocenters. The third kappa shape index (κ3) is 4.98. The van der Waals surface area contributed by atoms with Crippen molar-refractivity contribution in [3.05, 3.63) is 11.7 Å². The van der Waals surface area contributed by atoms with Crippen LogP contribution in [-0.4, -0.2) is 51.0 Å². The molecule has 0 aromatic carbocycles. The lowest BCUT2D eigenvalue weighted by atomic mass is 10.2. The molecule has 0 saturated carbocycles. The van der Waals surface area contributed by atoms with E-state index in [0.717, 1.165) is 0 Å². The van der Waals surface area contributed by atoms with Crippen LogP contribution >= 0.6 is 0 Å². The van der Waals surface area contributed by atoms with Gasteiger partial charge in [-0.15, -0.1) is 0 Å². The fourth-order valence-corrected chi connectivity index (χ4v) is 1.35. The topological polar surface area (TPSA) is 190 Å². The van der Waals surface area contributed by atoms with Crippen LogP contribution < -0.4 is 22.1 Å². The van der Waals surface area contributed by atoms with Gasteiger partial charge in [-0.3, -0.25) is 4.79 Å². The normalized spacial score (nSPS) is 15.0.